The van der Waals surface area contributed by atoms with Crippen LogP contribution in [-0.4, -0.2) is 5.91 Å². The van der Waals surface area contributed by atoms with E-state index in [2.05, 4.69) is 37.2 Å². The summed E-state index contributed by atoms with van der Waals surface area (Å²) in [4.78, 5) is 11.9. The third-order valence-electron chi connectivity index (χ3n) is 2.18. The van der Waals surface area contributed by atoms with Crippen LogP contribution >= 0.6 is 43.2 Å². The first-order valence-electron chi connectivity index (χ1n) is 4.85. The van der Waals surface area contributed by atoms with Crippen molar-refractivity contribution in [3.63, 3.8) is 0 Å². The number of benzene rings is 1. The summed E-state index contributed by atoms with van der Waals surface area (Å²) in [5, 5.41) is 13.3. The highest BCUT2D eigenvalue weighted by atomic mass is 79.9. The highest BCUT2D eigenvalue weighted by Crippen LogP contribution is 2.25. The molecular formula is C12H6Br2N2OS. The molecule has 1 heterocycles. The molecule has 0 unspecified atom stereocenters. The lowest BCUT2D eigenvalue weighted by atomic mass is 10.2. The molecule has 1 aromatic heterocycles. The van der Waals surface area contributed by atoms with Gasteiger partial charge in [0.1, 0.15) is 0 Å². The van der Waals surface area contributed by atoms with Gasteiger partial charge in [-0.2, -0.15) is 5.26 Å². The lowest BCUT2D eigenvalue weighted by molar-refractivity contribution is 0.102. The summed E-state index contributed by atoms with van der Waals surface area (Å²) < 4.78 is 1.59. The molecule has 2 aromatic rings. The van der Waals surface area contributed by atoms with Gasteiger partial charge in [-0.25, -0.2) is 0 Å². The van der Waals surface area contributed by atoms with Crippen LogP contribution in [0, 0.1) is 11.3 Å². The second-order valence-electron chi connectivity index (χ2n) is 3.40. The lowest BCUT2D eigenvalue weighted by Gasteiger charge is -2.06. The fraction of sp³-hybridized carbons (Fsp3) is 0. The molecule has 3 nitrogen and oxygen atoms in total. The number of thiophene rings is 1. The third-order valence-corrected chi connectivity index (χ3v) is 4.34. The Bertz CT molecular complexity index is 646. The van der Waals surface area contributed by atoms with Gasteiger partial charge in [0.2, 0.25) is 0 Å². The van der Waals surface area contributed by atoms with Gasteiger partial charge < -0.3 is 5.32 Å². The maximum Gasteiger partial charge on any atom is 0.256 e. The smallest absolute Gasteiger partial charge is 0.256 e. The number of carbonyl (C=O) groups excluding carboxylic acids is 1. The highest BCUT2D eigenvalue weighted by Gasteiger charge is 2.10. The minimum Gasteiger partial charge on any atom is -0.321 e. The van der Waals surface area contributed by atoms with E-state index in [9.17, 15) is 4.79 Å². The van der Waals surface area contributed by atoms with E-state index in [1.165, 1.54) is 11.3 Å². The molecule has 0 radical (unpaired) electrons. The normalized spacial score (nSPS) is 9.83. The zero-order chi connectivity index (χ0) is 13.1. The van der Waals surface area contributed by atoms with Crippen molar-refractivity contribution in [2.24, 2.45) is 0 Å². The van der Waals surface area contributed by atoms with Gasteiger partial charge in [0, 0.05) is 9.85 Å². The molecule has 0 atom stereocenters. The number of nitrogens with one attached hydrogen (secondary N) is 1. The van der Waals surface area contributed by atoms with Gasteiger partial charge in [0.15, 0.2) is 0 Å². The molecule has 1 aromatic carbocycles. The van der Waals surface area contributed by atoms with E-state index in [0.29, 0.717) is 21.3 Å². The van der Waals surface area contributed by atoms with Crippen LogP contribution in [-0.2, 0) is 0 Å². The molecule has 0 bridgehead atoms. The number of carbonyl (C=O) groups is 1. The van der Waals surface area contributed by atoms with Crippen molar-refractivity contribution in [1.82, 2.24) is 0 Å². The molecule has 0 aliphatic rings. The molecule has 0 aliphatic heterocycles. The fourth-order valence-electron chi connectivity index (χ4n) is 1.31. The largest absolute Gasteiger partial charge is 0.321 e. The number of anilines is 1. The van der Waals surface area contributed by atoms with Crippen LogP contribution in [0.5, 0.6) is 0 Å². The molecule has 6 heteroatoms. The summed E-state index contributed by atoms with van der Waals surface area (Å²) in [7, 11) is 0. The molecule has 1 N–H and O–H groups in total. The van der Waals surface area contributed by atoms with E-state index < -0.39 is 0 Å². The number of nitriles is 1. The van der Waals surface area contributed by atoms with Crippen LogP contribution in [0.3, 0.4) is 0 Å². The van der Waals surface area contributed by atoms with Gasteiger partial charge in [0.25, 0.3) is 5.91 Å². The molecule has 2 rings (SSSR count). The van der Waals surface area contributed by atoms with Crippen molar-refractivity contribution in [3.05, 3.63) is 49.0 Å². The fourth-order valence-corrected chi connectivity index (χ4v) is 2.92. The summed E-state index contributed by atoms with van der Waals surface area (Å²) in [5.74, 6) is -0.178. The van der Waals surface area contributed by atoms with Gasteiger partial charge in [-0.1, -0.05) is 0 Å². The summed E-state index contributed by atoms with van der Waals surface area (Å²) in [6.07, 6.45) is 0. The monoisotopic (exact) mass is 384 g/mol. The van der Waals surface area contributed by atoms with Crippen molar-refractivity contribution >= 4 is 54.8 Å². The lowest BCUT2D eigenvalue weighted by Crippen LogP contribution is -2.11. The average Bonchev–Trinajstić information content (AvgIpc) is 2.78. The maximum atomic E-state index is 11.9. The maximum absolute atomic E-state index is 11.9. The predicted molar refractivity (Wildman–Crippen MR) is 78.8 cm³/mol. The minimum atomic E-state index is -0.178. The minimum absolute atomic E-state index is 0.178. The molecule has 0 saturated heterocycles. The number of rotatable bonds is 2. The van der Waals surface area contributed by atoms with Crippen LogP contribution in [0.4, 0.5) is 5.69 Å². The Balaban J connectivity index is 2.20. The number of nitrogens with zero attached hydrogens (tertiary/aromatic N) is 1. The van der Waals surface area contributed by atoms with Crippen molar-refractivity contribution in [2.75, 3.05) is 5.32 Å². The Morgan fingerprint density at radius 1 is 1.33 bits per heavy atom. The van der Waals surface area contributed by atoms with Crippen LogP contribution in [0.25, 0.3) is 0 Å². The Morgan fingerprint density at radius 2 is 2.11 bits per heavy atom. The van der Waals surface area contributed by atoms with E-state index in [4.69, 9.17) is 5.26 Å². The van der Waals surface area contributed by atoms with E-state index in [0.717, 1.165) is 3.79 Å². The molecular weight excluding hydrogens is 380 g/mol. The predicted octanol–water partition coefficient (Wildman–Crippen LogP) is 4.40. The van der Waals surface area contributed by atoms with E-state index >= 15 is 0 Å². The average molecular weight is 386 g/mol. The topological polar surface area (TPSA) is 52.9 Å². The van der Waals surface area contributed by atoms with E-state index in [-0.39, 0.29) is 5.91 Å². The standard InChI is InChI=1S/C12H6Br2N2OS/c13-9-3-7(5-15)1-2-10(9)16-12(17)8-4-11(14)18-6-8/h1-4,6H,(H,16,17). The number of hydrogen-bond donors (Lipinski definition) is 1. The van der Waals surface area contributed by atoms with Gasteiger partial charge >= 0.3 is 0 Å². The summed E-state index contributed by atoms with van der Waals surface area (Å²) in [6, 6.07) is 8.82. The molecule has 90 valence electrons. The second-order valence-corrected chi connectivity index (χ2v) is 6.54. The summed E-state index contributed by atoms with van der Waals surface area (Å²) in [5.41, 5.74) is 1.78. The van der Waals surface area contributed by atoms with Gasteiger partial charge in [0.05, 0.1) is 26.7 Å². The van der Waals surface area contributed by atoms with Crippen molar-refractivity contribution in [2.45, 2.75) is 0 Å². The van der Waals surface area contributed by atoms with Gasteiger partial charge in [-0.05, 0) is 56.1 Å². The molecule has 0 saturated carbocycles. The van der Waals surface area contributed by atoms with E-state index in [1.54, 1.807) is 29.6 Å². The quantitative estimate of drug-likeness (QED) is 0.832. The van der Waals surface area contributed by atoms with Crippen LogP contribution < -0.4 is 5.32 Å². The number of amides is 1. The molecule has 0 spiro atoms. The first-order valence-corrected chi connectivity index (χ1v) is 7.32. The zero-order valence-corrected chi connectivity index (χ0v) is 12.9. The van der Waals surface area contributed by atoms with Crippen molar-refractivity contribution in [1.29, 1.82) is 5.26 Å². The molecule has 1 amide bonds. The molecule has 0 fully saturated rings. The number of hydrogen-bond acceptors (Lipinski definition) is 3. The van der Waals surface area contributed by atoms with Crippen LogP contribution in [0.2, 0.25) is 0 Å². The van der Waals surface area contributed by atoms with Crippen molar-refractivity contribution < 1.29 is 4.79 Å². The van der Waals surface area contributed by atoms with Gasteiger partial charge in [-0.15, -0.1) is 11.3 Å². The molecule has 18 heavy (non-hydrogen) atoms. The summed E-state index contributed by atoms with van der Waals surface area (Å²) in [6.45, 7) is 0. The second kappa shape index (κ2) is 5.65. The summed E-state index contributed by atoms with van der Waals surface area (Å²) >= 11 is 8.09. The highest BCUT2D eigenvalue weighted by molar-refractivity contribution is 9.11. The first-order chi connectivity index (χ1) is 8.60. The SMILES string of the molecule is N#Cc1ccc(NC(=O)c2csc(Br)c2)c(Br)c1. The third kappa shape index (κ3) is 2.99. The zero-order valence-electron chi connectivity index (χ0n) is 8.91. The molecule has 0 aliphatic carbocycles. The van der Waals surface area contributed by atoms with Crippen LogP contribution in [0.1, 0.15) is 15.9 Å². The first kappa shape index (κ1) is 13.3. The Hall–Kier alpha value is -1.16. The Labute approximate surface area is 125 Å². The van der Waals surface area contributed by atoms with Crippen LogP contribution in [0.15, 0.2) is 37.9 Å². The Kier molecular flexibility index (Phi) is 4.17. The van der Waals surface area contributed by atoms with Crippen molar-refractivity contribution in [3.8, 4) is 6.07 Å². The number of halogens is 2. The van der Waals surface area contributed by atoms with E-state index in [1.807, 2.05) is 6.07 Å². The van der Waals surface area contributed by atoms with Gasteiger partial charge in [-0.3, -0.25) is 4.79 Å². The Morgan fingerprint density at radius 3 is 2.67 bits per heavy atom.